The minimum Gasteiger partial charge on any atom is -0.385 e. The molecule has 31 heavy (non-hydrogen) atoms. The van der Waals surface area contributed by atoms with Crippen molar-refractivity contribution in [3.63, 3.8) is 0 Å². The fraction of sp³-hybridized carbons (Fsp3) is 0.522. The van der Waals surface area contributed by atoms with Crippen LogP contribution in [0, 0.1) is 5.92 Å². The van der Waals surface area contributed by atoms with Gasteiger partial charge >= 0.3 is 0 Å². The zero-order chi connectivity index (χ0) is 23.2. The highest BCUT2D eigenvalue weighted by atomic mass is 16.1. The minimum atomic E-state index is -0.0985. The number of allylic oxidation sites excluding steroid dienone is 2. The Hall–Kier alpha value is -2.87. The molecule has 0 atom stereocenters. The average molecular weight is 431 g/mol. The number of hydrogen-bond acceptors (Lipinski definition) is 7. The number of nitrogens with zero attached hydrogens (tertiary/aromatic N) is 2. The topological polar surface area (TPSA) is 126 Å². The molecule has 1 saturated heterocycles. The molecule has 0 aliphatic carbocycles. The highest BCUT2D eigenvalue weighted by Crippen LogP contribution is 2.18. The van der Waals surface area contributed by atoms with E-state index in [1.54, 1.807) is 31.3 Å². The fourth-order valence-corrected chi connectivity index (χ4v) is 3.08. The predicted octanol–water partition coefficient (Wildman–Crippen LogP) is 2.06. The summed E-state index contributed by atoms with van der Waals surface area (Å²) < 4.78 is 0. The van der Waals surface area contributed by atoms with Crippen molar-refractivity contribution in [3.8, 4) is 0 Å². The summed E-state index contributed by atoms with van der Waals surface area (Å²) in [6.07, 6.45) is 8.58. The molecule has 2 heterocycles. The Labute approximate surface area is 186 Å². The Morgan fingerprint density at radius 3 is 2.42 bits per heavy atom. The smallest absolute Gasteiger partial charge is 0.225 e. The van der Waals surface area contributed by atoms with E-state index in [9.17, 15) is 9.59 Å². The minimum absolute atomic E-state index is 0.0985. The standard InChI is InChI=1S/C14H27N5O.C9H11NO/c1-3-14(20)18-12(15)4-5-13(16)19-8-6-11(7-9-19)10-17-2;1-7(2)8-3-4-9(6-11)10-5-8/h4-5,11,17H,3,6-10,15-16H2,1-2H3,(H,18,20);3-7H,1-2H3/b12-4+,13-5+;. The van der Waals surface area contributed by atoms with Crippen LogP contribution in [-0.2, 0) is 4.79 Å². The third-order valence-corrected chi connectivity index (χ3v) is 5.11. The number of carbonyl (C=O) groups excluding carboxylic acids is 2. The van der Waals surface area contributed by atoms with Crippen LogP contribution in [0.15, 0.2) is 42.1 Å². The van der Waals surface area contributed by atoms with E-state index < -0.39 is 0 Å². The van der Waals surface area contributed by atoms with Crippen molar-refractivity contribution in [2.24, 2.45) is 17.4 Å². The Bertz CT molecular complexity index is 735. The Kier molecular flexibility index (Phi) is 12.0. The molecule has 1 aliphatic heterocycles. The highest BCUT2D eigenvalue weighted by Gasteiger charge is 2.18. The van der Waals surface area contributed by atoms with Gasteiger partial charge in [0.2, 0.25) is 5.91 Å². The predicted molar refractivity (Wildman–Crippen MR) is 125 cm³/mol. The van der Waals surface area contributed by atoms with Crippen molar-refractivity contribution in [1.29, 1.82) is 0 Å². The summed E-state index contributed by atoms with van der Waals surface area (Å²) in [6, 6.07) is 3.67. The first kappa shape index (κ1) is 26.2. The van der Waals surface area contributed by atoms with Gasteiger partial charge in [-0.3, -0.25) is 14.6 Å². The average Bonchev–Trinajstić information content (AvgIpc) is 2.78. The van der Waals surface area contributed by atoms with E-state index >= 15 is 0 Å². The van der Waals surface area contributed by atoms with Gasteiger partial charge in [0.05, 0.1) is 5.82 Å². The molecule has 1 aromatic rings. The maximum atomic E-state index is 11.2. The Morgan fingerprint density at radius 2 is 1.94 bits per heavy atom. The number of aldehydes is 1. The summed E-state index contributed by atoms with van der Waals surface area (Å²) in [7, 11) is 1.98. The Morgan fingerprint density at radius 1 is 1.26 bits per heavy atom. The zero-order valence-electron chi connectivity index (χ0n) is 19.2. The van der Waals surface area contributed by atoms with Crippen LogP contribution < -0.4 is 22.1 Å². The lowest BCUT2D eigenvalue weighted by atomic mass is 9.97. The van der Waals surface area contributed by atoms with Crippen molar-refractivity contribution in [1.82, 2.24) is 20.5 Å². The number of rotatable bonds is 8. The number of carbonyl (C=O) groups is 2. The summed E-state index contributed by atoms with van der Waals surface area (Å²) in [5.74, 6) is 2.13. The maximum Gasteiger partial charge on any atom is 0.225 e. The van der Waals surface area contributed by atoms with Crippen molar-refractivity contribution in [2.75, 3.05) is 26.7 Å². The van der Waals surface area contributed by atoms with Crippen LogP contribution in [0.25, 0.3) is 0 Å². The molecule has 172 valence electrons. The van der Waals surface area contributed by atoms with Gasteiger partial charge in [0.1, 0.15) is 11.5 Å². The molecule has 1 aromatic heterocycles. The maximum absolute atomic E-state index is 11.2. The molecule has 1 fully saturated rings. The Balaban J connectivity index is 0.000000367. The van der Waals surface area contributed by atoms with Gasteiger partial charge in [0, 0.05) is 25.7 Å². The summed E-state index contributed by atoms with van der Waals surface area (Å²) in [6.45, 7) is 8.96. The van der Waals surface area contributed by atoms with E-state index in [1.807, 2.05) is 13.1 Å². The van der Waals surface area contributed by atoms with Crippen molar-refractivity contribution in [2.45, 2.75) is 46.0 Å². The largest absolute Gasteiger partial charge is 0.385 e. The molecule has 0 bridgehead atoms. The quantitative estimate of drug-likeness (QED) is 0.367. The van der Waals surface area contributed by atoms with Gasteiger partial charge in [0.25, 0.3) is 0 Å². The summed E-state index contributed by atoms with van der Waals surface area (Å²) in [5, 5.41) is 5.80. The van der Waals surface area contributed by atoms with Crippen LogP contribution in [-0.4, -0.2) is 48.8 Å². The van der Waals surface area contributed by atoms with E-state index in [1.165, 1.54) is 0 Å². The van der Waals surface area contributed by atoms with Gasteiger partial charge < -0.3 is 27.0 Å². The zero-order valence-corrected chi connectivity index (χ0v) is 19.2. The van der Waals surface area contributed by atoms with Gasteiger partial charge in [-0.1, -0.05) is 26.8 Å². The van der Waals surface area contributed by atoms with Crippen LogP contribution in [0.3, 0.4) is 0 Å². The second kappa shape index (κ2) is 14.2. The molecule has 8 nitrogen and oxygen atoms in total. The van der Waals surface area contributed by atoms with Gasteiger partial charge in [-0.2, -0.15) is 0 Å². The molecule has 1 aliphatic rings. The lowest BCUT2D eigenvalue weighted by molar-refractivity contribution is -0.120. The highest BCUT2D eigenvalue weighted by molar-refractivity contribution is 5.77. The van der Waals surface area contributed by atoms with Crippen LogP contribution in [0.1, 0.15) is 62.0 Å². The molecule has 0 aromatic carbocycles. The lowest BCUT2D eigenvalue weighted by Gasteiger charge is -2.33. The van der Waals surface area contributed by atoms with Crippen molar-refractivity contribution >= 4 is 12.2 Å². The molecule has 0 saturated carbocycles. The number of aromatic nitrogens is 1. The van der Waals surface area contributed by atoms with Crippen LogP contribution in [0.2, 0.25) is 0 Å². The van der Waals surface area contributed by atoms with Crippen LogP contribution >= 0.6 is 0 Å². The van der Waals surface area contributed by atoms with Crippen LogP contribution in [0.5, 0.6) is 0 Å². The first-order valence-electron chi connectivity index (χ1n) is 10.8. The van der Waals surface area contributed by atoms with Crippen molar-refractivity contribution in [3.05, 3.63) is 53.4 Å². The molecule has 2 rings (SSSR count). The third-order valence-electron chi connectivity index (χ3n) is 5.11. The molecule has 6 N–H and O–H groups in total. The number of piperidine rings is 1. The SMILES string of the molecule is CC(C)c1ccc(C=O)nc1.CCC(=O)N/C(N)=C/C=C(\N)N1CCC(CNC)CC1. The summed E-state index contributed by atoms with van der Waals surface area (Å²) in [4.78, 5) is 27.5. The second-order valence-electron chi connectivity index (χ2n) is 7.89. The number of hydrogen-bond donors (Lipinski definition) is 4. The number of nitrogens with one attached hydrogen (secondary N) is 2. The second-order valence-corrected chi connectivity index (χ2v) is 7.89. The first-order chi connectivity index (χ1) is 14.8. The molecular weight excluding hydrogens is 392 g/mol. The normalized spacial score (nSPS) is 15.3. The van der Waals surface area contributed by atoms with Crippen molar-refractivity contribution < 1.29 is 9.59 Å². The van der Waals surface area contributed by atoms with E-state index in [-0.39, 0.29) is 5.91 Å². The monoisotopic (exact) mass is 430 g/mol. The molecule has 1 amide bonds. The number of pyridine rings is 1. The summed E-state index contributed by atoms with van der Waals surface area (Å²) >= 11 is 0. The third kappa shape index (κ3) is 10.1. The van der Waals surface area contributed by atoms with E-state index in [4.69, 9.17) is 11.5 Å². The first-order valence-corrected chi connectivity index (χ1v) is 10.8. The van der Waals surface area contributed by atoms with Crippen LogP contribution in [0.4, 0.5) is 0 Å². The molecule has 0 spiro atoms. The lowest BCUT2D eigenvalue weighted by Crippen LogP contribution is -2.38. The van der Waals surface area contributed by atoms with E-state index in [0.29, 0.717) is 29.7 Å². The molecule has 8 heteroatoms. The number of nitrogens with two attached hydrogens (primary N) is 2. The summed E-state index contributed by atoms with van der Waals surface area (Å²) in [5.41, 5.74) is 13.4. The van der Waals surface area contributed by atoms with Gasteiger partial charge in [0.15, 0.2) is 6.29 Å². The van der Waals surface area contributed by atoms with E-state index in [0.717, 1.165) is 50.2 Å². The number of amides is 1. The molecule has 0 radical (unpaired) electrons. The van der Waals surface area contributed by atoms with Gasteiger partial charge in [-0.15, -0.1) is 0 Å². The number of likely N-dealkylation sites (tertiary alicyclic amines) is 1. The van der Waals surface area contributed by atoms with Gasteiger partial charge in [-0.05, 0) is 62.1 Å². The fourth-order valence-electron chi connectivity index (χ4n) is 3.08. The molecule has 0 unspecified atom stereocenters. The van der Waals surface area contributed by atoms with Gasteiger partial charge in [-0.25, -0.2) is 0 Å². The van der Waals surface area contributed by atoms with E-state index in [2.05, 4.69) is 34.4 Å². The molecular formula is C23H38N6O2.